The van der Waals surface area contributed by atoms with Crippen molar-refractivity contribution < 1.29 is 19.1 Å². The van der Waals surface area contributed by atoms with Crippen molar-refractivity contribution in [3.63, 3.8) is 0 Å². The standard InChI is InChI=1S/C28H30FN5O3S/c1-17-2-7-21(12-23(17)29)28(26-30-16-31-38-26)8-9-33(15-28)27(37)32-24-10-19(18-3-4-18)5-6-20(24)11-25(36)34-13-22(35)14-34/h2,5-7,10,12,16,18,22,35H,3-4,8-9,11,13-15H2,1H3,(H,32,37). The molecule has 2 N–H and O–H groups in total. The van der Waals surface area contributed by atoms with Crippen LogP contribution in [0.3, 0.4) is 0 Å². The SMILES string of the molecule is Cc1ccc(C2(c3ncns3)CCN(C(=O)Nc3cc(C4CC4)ccc3CC(=O)N3CC(O)C3)C2)cc1F. The topological polar surface area (TPSA) is 98.7 Å². The molecule has 1 aliphatic carbocycles. The van der Waals surface area contributed by atoms with Gasteiger partial charge in [0, 0.05) is 31.9 Å². The largest absolute Gasteiger partial charge is 0.389 e. The molecule has 3 fully saturated rings. The lowest BCUT2D eigenvalue weighted by atomic mass is 9.80. The number of aryl methyl sites for hydroxylation is 1. The van der Waals surface area contributed by atoms with Crippen molar-refractivity contribution >= 4 is 29.2 Å². The van der Waals surface area contributed by atoms with Crippen molar-refractivity contribution in [1.29, 1.82) is 0 Å². The minimum Gasteiger partial charge on any atom is -0.389 e. The van der Waals surface area contributed by atoms with Gasteiger partial charge in [0.25, 0.3) is 0 Å². The summed E-state index contributed by atoms with van der Waals surface area (Å²) >= 11 is 1.27. The van der Waals surface area contributed by atoms with Gasteiger partial charge in [0.1, 0.15) is 17.2 Å². The van der Waals surface area contributed by atoms with Crippen LogP contribution in [0.2, 0.25) is 0 Å². The minimum absolute atomic E-state index is 0.0668. The van der Waals surface area contributed by atoms with Crippen LogP contribution >= 0.6 is 11.5 Å². The number of hydrogen-bond acceptors (Lipinski definition) is 6. The number of nitrogens with zero attached hydrogens (tertiary/aromatic N) is 4. The van der Waals surface area contributed by atoms with Gasteiger partial charge in [-0.2, -0.15) is 4.37 Å². The number of aliphatic hydroxyl groups is 1. The van der Waals surface area contributed by atoms with Crippen molar-refractivity contribution in [3.8, 4) is 0 Å². The fourth-order valence-electron chi connectivity index (χ4n) is 5.45. The maximum atomic E-state index is 14.6. The highest BCUT2D eigenvalue weighted by molar-refractivity contribution is 7.05. The van der Waals surface area contributed by atoms with Crippen LogP contribution in [0, 0.1) is 12.7 Å². The molecule has 0 spiro atoms. The molecule has 3 heterocycles. The minimum atomic E-state index is -0.639. The van der Waals surface area contributed by atoms with Crippen molar-refractivity contribution in [1.82, 2.24) is 19.2 Å². The van der Waals surface area contributed by atoms with E-state index in [0.29, 0.717) is 49.8 Å². The lowest BCUT2D eigenvalue weighted by Gasteiger charge is -2.36. The molecule has 3 aliphatic rings. The number of rotatable bonds is 6. The third kappa shape index (κ3) is 4.67. The molecule has 0 bridgehead atoms. The lowest BCUT2D eigenvalue weighted by Crippen LogP contribution is -2.54. The summed E-state index contributed by atoms with van der Waals surface area (Å²) in [5, 5.41) is 13.4. The van der Waals surface area contributed by atoms with E-state index >= 15 is 0 Å². The van der Waals surface area contributed by atoms with Gasteiger partial charge in [0.15, 0.2) is 0 Å². The molecule has 2 saturated heterocycles. The highest BCUT2D eigenvalue weighted by Crippen LogP contribution is 2.43. The van der Waals surface area contributed by atoms with Gasteiger partial charge in [-0.15, -0.1) is 0 Å². The van der Waals surface area contributed by atoms with Crippen molar-refractivity contribution in [2.45, 2.75) is 50.0 Å². The monoisotopic (exact) mass is 535 g/mol. The van der Waals surface area contributed by atoms with E-state index in [4.69, 9.17) is 0 Å². The van der Waals surface area contributed by atoms with E-state index in [1.807, 2.05) is 24.3 Å². The molecule has 6 rings (SSSR count). The zero-order valence-electron chi connectivity index (χ0n) is 21.2. The average molecular weight is 536 g/mol. The van der Waals surface area contributed by atoms with Gasteiger partial charge in [0.05, 0.1) is 17.9 Å². The number of urea groups is 1. The lowest BCUT2D eigenvalue weighted by molar-refractivity contribution is -0.140. The summed E-state index contributed by atoms with van der Waals surface area (Å²) in [6.07, 6.45) is 4.05. The zero-order valence-corrected chi connectivity index (χ0v) is 22.0. The van der Waals surface area contributed by atoms with Crippen LogP contribution in [0.15, 0.2) is 42.7 Å². The first-order valence-electron chi connectivity index (χ1n) is 13.0. The van der Waals surface area contributed by atoms with Crippen LogP contribution < -0.4 is 5.32 Å². The number of anilines is 1. The van der Waals surface area contributed by atoms with E-state index in [1.165, 1.54) is 17.9 Å². The first-order chi connectivity index (χ1) is 18.3. The highest BCUT2D eigenvalue weighted by Gasteiger charge is 2.45. The van der Waals surface area contributed by atoms with Crippen molar-refractivity contribution in [2.75, 3.05) is 31.5 Å². The second-order valence-electron chi connectivity index (χ2n) is 10.7. The summed E-state index contributed by atoms with van der Waals surface area (Å²) in [5.74, 6) is 0.146. The summed E-state index contributed by atoms with van der Waals surface area (Å²) in [6.45, 7) is 3.25. The predicted octanol–water partition coefficient (Wildman–Crippen LogP) is 3.83. The van der Waals surface area contributed by atoms with Gasteiger partial charge < -0.3 is 20.2 Å². The molecular formula is C28H30FN5O3S. The Hall–Kier alpha value is -3.37. The number of benzene rings is 2. The number of halogens is 1. The number of carbonyl (C=O) groups excluding carboxylic acids is 2. The van der Waals surface area contributed by atoms with E-state index in [9.17, 15) is 19.1 Å². The van der Waals surface area contributed by atoms with Gasteiger partial charge in [-0.05, 0) is 78.0 Å². The van der Waals surface area contributed by atoms with Gasteiger partial charge in [-0.25, -0.2) is 14.2 Å². The maximum Gasteiger partial charge on any atom is 0.321 e. The number of carbonyl (C=O) groups is 2. The Morgan fingerprint density at radius 3 is 2.68 bits per heavy atom. The number of hydrogen-bond donors (Lipinski definition) is 2. The molecule has 1 aromatic heterocycles. The molecule has 0 radical (unpaired) electrons. The van der Waals surface area contributed by atoms with Gasteiger partial charge >= 0.3 is 6.03 Å². The summed E-state index contributed by atoms with van der Waals surface area (Å²) in [4.78, 5) is 34.2. The molecule has 8 nitrogen and oxygen atoms in total. The molecule has 1 unspecified atom stereocenters. The van der Waals surface area contributed by atoms with E-state index < -0.39 is 11.5 Å². The summed E-state index contributed by atoms with van der Waals surface area (Å²) < 4.78 is 18.8. The van der Waals surface area contributed by atoms with Crippen LogP contribution in [0.1, 0.15) is 52.4 Å². The van der Waals surface area contributed by atoms with Crippen LogP contribution in [-0.2, 0) is 16.6 Å². The third-order valence-electron chi connectivity index (χ3n) is 8.03. The molecule has 2 aromatic carbocycles. The number of aliphatic hydroxyl groups excluding tert-OH is 1. The number of amides is 3. The number of β-amino-alcohol motifs (C(OH)–C–C–N with tert-alkyl or cyclic N) is 1. The van der Waals surface area contributed by atoms with Crippen LogP contribution in [0.5, 0.6) is 0 Å². The molecule has 1 saturated carbocycles. The summed E-state index contributed by atoms with van der Waals surface area (Å²) in [5.41, 5.74) is 3.27. The van der Waals surface area contributed by atoms with Gasteiger partial charge in [-0.3, -0.25) is 4.79 Å². The molecular weight excluding hydrogens is 505 g/mol. The highest BCUT2D eigenvalue weighted by atomic mass is 32.1. The van der Waals surface area contributed by atoms with Gasteiger partial charge in [0.2, 0.25) is 5.91 Å². The second-order valence-corrected chi connectivity index (χ2v) is 11.5. The van der Waals surface area contributed by atoms with E-state index in [0.717, 1.165) is 34.5 Å². The molecule has 3 amide bonds. The van der Waals surface area contributed by atoms with E-state index in [2.05, 4.69) is 14.7 Å². The van der Waals surface area contributed by atoms with Crippen LogP contribution in [0.4, 0.5) is 14.9 Å². The Morgan fingerprint density at radius 2 is 2.00 bits per heavy atom. The molecule has 38 heavy (non-hydrogen) atoms. The first-order valence-corrected chi connectivity index (χ1v) is 13.8. The Bertz CT molecular complexity index is 1370. The fourth-order valence-corrected chi connectivity index (χ4v) is 6.20. The third-order valence-corrected chi connectivity index (χ3v) is 8.90. The maximum absolute atomic E-state index is 14.6. The first kappa shape index (κ1) is 24.9. The quantitative estimate of drug-likeness (QED) is 0.500. The normalized spacial score (nSPS) is 21.4. The van der Waals surface area contributed by atoms with Crippen molar-refractivity contribution in [3.05, 3.63) is 75.8 Å². The fraction of sp³-hybridized carbons (Fsp3) is 0.429. The number of likely N-dealkylation sites (tertiary alicyclic amines) is 2. The van der Waals surface area contributed by atoms with Crippen LogP contribution in [-0.4, -0.2) is 68.5 Å². The Kier molecular flexibility index (Phi) is 6.39. The predicted molar refractivity (Wildman–Crippen MR) is 142 cm³/mol. The second kappa shape index (κ2) is 9.74. The van der Waals surface area contributed by atoms with E-state index in [-0.39, 0.29) is 24.2 Å². The molecule has 3 aromatic rings. The van der Waals surface area contributed by atoms with E-state index in [1.54, 1.807) is 28.9 Å². The molecule has 2 aliphatic heterocycles. The number of aromatic nitrogens is 2. The zero-order chi connectivity index (χ0) is 26.4. The summed E-state index contributed by atoms with van der Waals surface area (Å²) in [6, 6.07) is 10.9. The average Bonchev–Trinajstić information content (AvgIpc) is 3.38. The Balaban J connectivity index is 1.24. The smallest absolute Gasteiger partial charge is 0.321 e. The summed E-state index contributed by atoms with van der Waals surface area (Å²) in [7, 11) is 0. The Labute approximate surface area is 224 Å². The number of nitrogens with one attached hydrogen (secondary N) is 1. The van der Waals surface area contributed by atoms with Crippen molar-refractivity contribution in [2.24, 2.45) is 0 Å². The molecule has 1 atom stereocenters. The Morgan fingerprint density at radius 1 is 1.18 bits per heavy atom. The molecule has 198 valence electrons. The van der Waals surface area contributed by atoms with Crippen LogP contribution in [0.25, 0.3) is 0 Å². The molecule has 10 heteroatoms. The van der Waals surface area contributed by atoms with Gasteiger partial charge in [-0.1, -0.05) is 24.3 Å².